The highest BCUT2D eigenvalue weighted by molar-refractivity contribution is 6.08. The lowest BCUT2D eigenvalue weighted by Crippen LogP contribution is -2.19. The molecule has 1 heterocycles. The van der Waals surface area contributed by atoms with E-state index in [-0.39, 0.29) is 35.2 Å². The fourth-order valence-electron chi connectivity index (χ4n) is 2.35. The third kappa shape index (κ3) is 6.10. The van der Waals surface area contributed by atoms with Crippen LogP contribution in [0.2, 0.25) is 0 Å². The number of nitrogens with one attached hydrogen (secondary N) is 2. The molecule has 1 amide bonds. The van der Waals surface area contributed by atoms with E-state index in [1.165, 1.54) is 26.0 Å². The van der Waals surface area contributed by atoms with Crippen LogP contribution in [0.5, 0.6) is 0 Å². The van der Waals surface area contributed by atoms with Crippen LogP contribution in [0.1, 0.15) is 60.9 Å². The number of aromatic amines is 1. The molecule has 0 spiro atoms. The van der Waals surface area contributed by atoms with E-state index in [0.29, 0.717) is 0 Å². The Morgan fingerprint density at radius 3 is 2.40 bits per heavy atom. The highest BCUT2D eigenvalue weighted by Crippen LogP contribution is 2.23. The number of hydrogen-bond acceptors (Lipinski definition) is 5. The highest BCUT2D eigenvalue weighted by atomic mass is 16.5. The van der Waals surface area contributed by atoms with Crippen molar-refractivity contribution in [1.29, 1.82) is 0 Å². The second kappa shape index (κ2) is 9.66. The summed E-state index contributed by atoms with van der Waals surface area (Å²) in [7, 11) is 2.45. The fraction of sp³-hybridized carbons (Fsp3) is 0.500. The summed E-state index contributed by atoms with van der Waals surface area (Å²) in [6, 6.07) is 0. The Hall–Kier alpha value is -2.57. The van der Waals surface area contributed by atoms with Gasteiger partial charge >= 0.3 is 11.9 Å². The number of ether oxygens (including phenoxy) is 2. The van der Waals surface area contributed by atoms with Gasteiger partial charge in [-0.2, -0.15) is 0 Å². The second-order valence-corrected chi connectivity index (χ2v) is 6.15. The Bertz CT molecular complexity index is 623. The Kier molecular flexibility index (Phi) is 7.91. The smallest absolute Gasteiger partial charge is 0.356 e. The molecule has 0 aliphatic carbocycles. The van der Waals surface area contributed by atoms with Gasteiger partial charge in [0.05, 0.1) is 19.9 Å². The molecule has 0 aliphatic rings. The van der Waals surface area contributed by atoms with E-state index in [4.69, 9.17) is 0 Å². The Morgan fingerprint density at radius 2 is 1.84 bits per heavy atom. The van der Waals surface area contributed by atoms with E-state index in [2.05, 4.69) is 25.9 Å². The van der Waals surface area contributed by atoms with Crippen LogP contribution < -0.4 is 5.32 Å². The van der Waals surface area contributed by atoms with Crippen LogP contribution in [0.4, 0.5) is 5.69 Å². The summed E-state index contributed by atoms with van der Waals surface area (Å²) in [5.41, 5.74) is 1.41. The van der Waals surface area contributed by atoms with Gasteiger partial charge in [-0.3, -0.25) is 4.79 Å². The van der Waals surface area contributed by atoms with Crippen LogP contribution in [-0.2, 0) is 14.3 Å². The van der Waals surface area contributed by atoms with Crippen molar-refractivity contribution in [3.63, 3.8) is 0 Å². The molecule has 0 radical (unpaired) electrons. The summed E-state index contributed by atoms with van der Waals surface area (Å²) in [4.78, 5) is 38.6. The Morgan fingerprint density at radius 1 is 1.20 bits per heavy atom. The minimum Gasteiger partial charge on any atom is -0.465 e. The van der Waals surface area contributed by atoms with Crippen LogP contribution >= 0.6 is 0 Å². The Balaban J connectivity index is 2.84. The lowest BCUT2D eigenvalue weighted by atomic mass is 10.0. The summed E-state index contributed by atoms with van der Waals surface area (Å²) in [5.74, 6) is -1.45. The molecule has 0 fully saturated rings. The quantitative estimate of drug-likeness (QED) is 0.554. The van der Waals surface area contributed by atoms with Gasteiger partial charge in [-0.1, -0.05) is 18.6 Å². The number of hydrogen-bond donors (Lipinski definition) is 2. The molecule has 0 aromatic carbocycles. The predicted molar refractivity (Wildman–Crippen MR) is 94.5 cm³/mol. The number of esters is 2. The van der Waals surface area contributed by atoms with Crippen molar-refractivity contribution in [1.82, 2.24) is 4.98 Å². The number of amides is 1. The molecule has 138 valence electrons. The van der Waals surface area contributed by atoms with Crippen molar-refractivity contribution >= 4 is 23.5 Å². The zero-order valence-corrected chi connectivity index (χ0v) is 15.4. The van der Waals surface area contributed by atoms with Gasteiger partial charge in [0, 0.05) is 12.6 Å². The lowest BCUT2D eigenvalue weighted by molar-refractivity contribution is -0.117. The molecule has 1 aromatic heterocycles. The van der Waals surface area contributed by atoms with Gasteiger partial charge in [0.25, 0.3) is 0 Å². The normalized spacial score (nSPS) is 11.4. The molecule has 1 unspecified atom stereocenters. The molecular weight excluding hydrogens is 324 g/mol. The van der Waals surface area contributed by atoms with E-state index in [1.54, 1.807) is 0 Å². The molecule has 1 aromatic rings. The van der Waals surface area contributed by atoms with Crippen molar-refractivity contribution in [3.05, 3.63) is 29.1 Å². The molecule has 0 saturated heterocycles. The Labute approximate surface area is 147 Å². The number of carbonyl (C=O) groups is 3. The van der Waals surface area contributed by atoms with Gasteiger partial charge in [0.15, 0.2) is 0 Å². The monoisotopic (exact) mass is 350 g/mol. The topological polar surface area (TPSA) is 97.5 Å². The molecule has 0 bridgehead atoms. The number of aromatic nitrogens is 1. The number of H-pyrrole nitrogens is 1. The number of carbonyl (C=O) groups excluding carboxylic acids is 3. The van der Waals surface area contributed by atoms with Gasteiger partial charge in [0.2, 0.25) is 5.91 Å². The third-order valence-corrected chi connectivity index (χ3v) is 3.69. The predicted octanol–water partition coefficient (Wildman–Crippen LogP) is 3.30. The maximum atomic E-state index is 12.3. The van der Waals surface area contributed by atoms with Crippen molar-refractivity contribution in [2.75, 3.05) is 19.5 Å². The van der Waals surface area contributed by atoms with Gasteiger partial charge in [-0.15, -0.1) is 0 Å². The van der Waals surface area contributed by atoms with Crippen LogP contribution in [0.15, 0.2) is 17.8 Å². The van der Waals surface area contributed by atoms with Crippen LogP contribution in [0, 0.1) is 5.92 Å². The van der Waals surface area contributed by atoms with E-state index in [1.807, 2.05) is 20.8 Å². The first-order valence-electron chi connectivity index (χ1n) is 8.11. The van der Waals surface area contributed by atoms with Gasteiger partial charge in [0.1, 0.15) is 11.3 Å². The first-order chi connectivity index (χ1) is 11.8. The van der Waals surface area contributed by atoms with Crippen LogP contribution in [0.25, 0.3) is 0 Å². The number of anilines is 1. The maximum absolute atomic E-state index is 12.3. The third-order valence-electron chi connectivity index (χ3n) is 3.69. The van der Waals surface area contributed by atoms with Crippen molar-refractivity contribution < 1.29 is 23.9 Å². The van der Waals surface area contributed by atoms with E-state index < -0.39 is 11.9 Å². The highest BCUT2D eigenvalue weighted by Gasteiger charge is 2.24. The van der Waals surface area contributed by atoms with E-state index in [0.717, 1.165) is 12.8 Å². The molecule has 1 rings (SSSR count). The average Bonchev–Trinajstić information content (AvgIpc) is 2.96. The molecule has 0 saturated carbocycles. The van der Waals surface area contributed by atoms with Gasteiger partial charge in [-0.25, -0.2) is 9.59 Å². The largest absolute Gasteiger partial charge is 0.465 e. The molecular formula is C18H26N2O5. The summed E-state index contributed by atoms with van der Waals surface area (Å²) in [6.45, 7) is 6.05. The second-order valence-electron chi connectivity index (χ2n) is 6.15. The SMILES string of the molecule is COC(=O)c1c[nH]c(C(=O)OC)c1NC(=O)CC(C)CCC=C(C)C. The summed E-state index contributed by atoms with van der Waals surface area (Å²) in [6.07, 6.45) is 5.50. The number of rotatable bonds is 8. The zero-order valence-electron chi connectivity index (χ0n) is 15.4. The molecule has 7 heteroatoms. The lowest BCUT2D eigenvalue weighted by Gasteiger charge is -2.12. The van der Waals surface area contributed by atoms with Crippen molar-refractivity contribution in [2.24, 2.45) is 5.92 Å². The zero-order chi connectivity index (χ0) is 19.0. The summed E-state index contributed by atoms with van der Waals surface area (Å²) >= 11 is 0. The van der Waals surface area contributed by atoms with Crippen LogP contribution in [0.3, 0.4) is 0 Å². The van der Waals surface area contributed by atoms with Crippen molar-refractivity contribution in [2.45, 2.75) is 40.0 Å². The van der Waals surface area contributed by atoms with Crippen molar-refractivity contribution in [3.8, 4) is 0 Å². The first kappa shape index (κ1) is 20.5. The first-order valence-corrected chi connectivity index (χ1v) is 8.11. The minimum absolute atomic E-state index is 0.00782. The summed E-state index contributed by atoms with van der Waals surface area (Å²) < 4.78 is 9.33. The molecule has 1 atom stereocenters. The van der Waals surface area contributed by atoms with Crippen LogP contribution in [-0.4, -0.2) is 37.0 Å². The molecule has 7 nitrogen and oxygen atoms in total. The van der Waals surface area contributed by atoms with E-state index in [9.17, 15) is 14.4 Å². The molecule has 0 aliphatic heterocycles. The number of methoxy groups -OCH3 is 2. The average molecular weight is 350 g/mol. The molecule has 25 heavy (non-hydrogen) atoms. The van der Waals surface area contributed by atoms with E-state index >= 15 is 0 Å². The van der Waals surface area contributed by atoms with Gasteiger partial charge in [-0.05, 0) is 32.6 Å². The number of allylic oxidation sites excluding steroid dienone is 2. The standard InChI is InChI=1S/C18H26N2O5/c1-11(2)7-6-8-12(3)9-14(21)20-15-13(17(22)24-4)10-19-16(15)18(23)25-5/h7,10,12,19H,6,8-9H2,1-5H3,(H,20,21). The minimum atomic E-state index is -0.679. The summed E-state index contributed by atoms with van der Waals surface area (Å²) in [5, 5.41) is 2.63. The van der Waals surface area contributed by atoms with Gasteiger partial charge < -0.3 is 19.8 Å². The fourth-order valence-corrected chi connectivity index (χ4v) is 2.35. The maximum Gasteiger partial charge on any atom is 0.356 e. The molecule has 2 N–H and O–H groups in total.